The molecule has 1 rings (SSSR count). The predicted molar refractivity (Wildman–Crippen MR) is 80.4 cm³/mol. The molecule has 0 radical (unpaired) electrons. The van der Waals surface area contributed by atoms with Crippen LogP contribution in [0, 0.1) is 0 Å². The minimum atomic E-state index is -0.342. The van der Waals surface area contributed by atoms with Gasteiger partial charge in [-0.1, -0.05) is 25.4 Å². The maximum Gasteiger partial charge on any atom is 0.128 e. The molecule has 0 aliphatic carbocycles. The largest absolute Gasteiger partial charge is 0.383 e. The molecule has 0 aliphatic heterocycles. The molecule has 0 aromatic carbocycles. The molecular formula is C14H24ClN3O. The van der Waals surface area contributed by atoms with E-state index in [4.69, 9.17) is 22.1 Å². The van der Waals surface area contributed by atoms with E-state index >= 15 is 0 Å². The molecule has 1 aromatic heterocycles. The van der Waals surface area contributed by atoms with Crippen LogP contribution in [0.1, 0.15) is 45.7 Å². The summed E-state index contributed by atoms with van der Waals surface area (Å²) in [5.74, 6) is 0.495. The number of halogens is 1. The van der Waals surface area contributed by atoms with Crippen molar-refractivity contribution in [3.8, 4) is 0 Å². The van der Waals surface area contributed by atoms with Crippen LogP contribution in [0.25, 0.3) is 0 Å². The van der Waals surface area contributed by atoms with Crippen molar-refractivity contribution in [2.45, 2.75) is 45.8 Å². The van der Waals surface area contributed by atoms with E-state index in [2.05, 4.69) is 31.1 Å². The summed E-state index contributed by atoms with van der Waals surface area (Å²) in [6.45, 7) is 9.72. The quantitative estimate of drug-likeness (QED) is 0.808. The second kappa shape index (κ2) is 7.08. The summed E-state index contributed by atoms with van der Waals surface area (Å²) >= 11 is 6.04. The number of rotatable bonds is 7. The van der Waals surface area contributed by atoms with E-state index in [0.717, 1.165) is 18.5 Å². The normalized spacial score (nSPS) is 16.1. The van der Waals surface area contributed by atoms with Crippen molar-refractivity contribution in [3.05, 3.63) is 22.8 Å². The van der Waals surface area contributed by atoms with Crippen LogP contribution in [0.2, 0.25) is 5.02 Å². The summed E-state index contributed by atoms with van der Waals surface area (Å²) in [5.41, 5.74) is 6.56. The van der Waals surface area contributed by atoms with Crippen molar-refractivity contribution in [2.75, 3.05) is 18.9 Å². The summed E-state index contributed by atoms with van der Waals surface area (Å²) in [7, 11) is 0. The predicted octanol–water partition coefficient (Wildman–Crippen LogP) is 3.17. The third kappa shape index (κ3) is 3.81. The topological polar surface area (TPSA) is 60.2 Å². The standard InChI is InChI=1S/C14H24ClN3O/c1-5-14(4,19-7-3)12(17-6-2)11-8-10(15)9-18-13(11)16/h8-9,12,17H,5-7H2,1-4H3,(H2,16,18). The molecule has 1 heterocycles. The van der Waals surface area contributed by atoms with Gasteiger partial charge in [0.2, 0.25) is 0 Å². The Labute approximate surface area is 120 Å². The van der Waals surface area contributed by atoms with Gasteiger partial charge in [0.25, 0.3) is 0 Å². The van der Waals surface area contributed by atoms with Gasteiger partial charge in [-0.15, -0.1) is 0 Å². The molecule has 0 amide bonds. The summed E-state index contributed by atoms with van der Waals surface area (Å²) in [6, 6.07) is 1.83. The van der Waals surface area contributed by atoms with E-state index in [0.29, 0.717) is 17.4 Å². The monoisotopic (exact) mass is 285 g/mol. The van der Waals surface area contributed by atoms with E-state index in [1.165, 1.54) is 0 Å². The van der Waals surface area contributed by atoms with Crippen LogP contribution >= 0.6 is 11.6 Å². The Bertz CT molecular complexity index is 414. The van der Waals surface area contributed by atoms with Crippen molar-refractivity contribution < 1.29 is 4.74 Å². The van der Waals surface area contributed by atoms with Gasteiger partial charge >= 0.3 is 0 Å². The number of nitrogens with one attached hydrogen (secondary N) is 1. The number of nitrogens with two attached hydrogens (primary N) is 1. The highest BCUT2D eigenvalue weighted by atomic mass is 35.5. The molecule has 0 spiro atoms. The number of likely N-dealkylation sites (N-methyl/N-ethyl adjacent to an activating group) is 1. The first kappa shape index (κ1) is 16.2. The van der Waals surface area contributed by atoms with Crippen molar-refractivity contribution in [1.29, 1.82) is 0 Å². The Hall–Kier alpha value is -0.840. The van der Waals surface area contributed by atoms with Crippen LogP contribution in [0.5, 0.6) is 0 Å². The van der Waals surface area contributed by atoms with Crippen molar-refractivity contribution >= 4 is 17.4 Å². The number of anilines is 1. The smallest absolute Gasteiger partial charge is 0.128 e. The molecule has 2 unspecified atom stereocenters. The van der Waals surface area contributed by atoms with E-state index in [1.807, 2.05) is 13.0 Å². The summed E-state index contributed by atoms with van der Waals surface area (Å²) in [5, 5.41) is 4.02. The Morgan fingerprint density at radius 3 is 2.68 bits per heavy atom. The van der Waals surface area contributed by atoms with Gasteiger partial charge in [-0.2, -0.15) is 0 Å². The van der Waals surface area contributed by atoms with E-state index in [-0.39, 0.29) is 11.6 Å². The summed E-state index contributed by atoms with van der Waals surface area (Å²) < 4.78 is 5.95. The number of ether oxygens (including phenoxy) is 1. The maximum atomic E-state index is 6.04. The van der Waals surface area contributed by atoms with Crippen LogP contribution in [0.3, 0.4) is 0 Å². The van der Waals surface area contributed by atoms with Crippen molar-refractivity contribution in [1.82, 2.24) is 10.3 Å². The molecule has 3 N–H and O–H groups in total. The van der Waals surface area contributed by atoms with Crippen LogP contribution in [-0.4, -0.2) is 23.7 Å². The van der Waals surface area contributed by atoms with Crippen LogP contribution in [0.4, 0.5) is 5.82 Å². The lowest BCUT2D eigenvalue weighted by Gasteiger charge is -2.38. The highest BCUT2D eigenvalue weighted by molar-refractivity contribution is 6.30. The molecular weight excluding hydrogens is 262 g/mol. The molecule has 0 saturated carbocycles. The van der Waals surface area contributed by atoms with Crippen LogP contribution in [-0.2, 0) is 4.74 Å². The first-order chi connectivity index (χ1) is 8.98. The number of nitrogen functional groups attached to an aromatic ring is 1. The molecule has 2 atom stereocenters. The lowest BCUT2D eigenvalue weighted by molar-refractivity contribution is -0.0559. The molecule has 0 aliphatic rings. The Morgan fingerprint density at radius 1 is 1.47 bits per heavy atom. The molecule has 5 heteroatoms. The second-order valence-electron chi connectivity index (χ2n) is 4.72. The molecule has 0 fully saturated rings. The highest BCUT2D eigenvalue weighted by Gasteiger charge is 2.35. The molecule has 19 heavy (non-hydrogen) atoms. The molecule has 108 valence electrons. The van der Waals surface area contributed by atoms with Gasteiger partial charge in [-0.25, -0.2) is 4.98 Å². The minimum absolute atomic E-state index is 0.0337. The minimum Gasteiger partial charge on any atom is -0.383 e. The summed E-state index contributed by atoms with van der Waals surface area (Å²) in [4.78, 5) is 4.14. The van der Waals surface area contributed by atoms with Gasteiger partial charge in [0.05, 0.1) is 16.7 Å². The van der Waals surface area contributed by atoms with Crippen molar-refractivity contribution in [3.63, 3.8) is 0 Å². The van der Waals surface area contributed by atoms with Crippen LogP contribution in [0.15, 0.2) is 12.3 Å². The number of pyridine rings is 1. The van der Waals surface area contributed by atoms with Gasteiger partial charge in [0, 0.05) is 18.4 Å². The average Bonchev–Trinajstić information content (AvgIpc) is 2.39. The molecule has 0 saturated heterocycles. The number of hydrogen-bond acceptors (Lipinski definition) is 4. The summed E-state index contributed by atoms with van der Waals surface area (Å²) in [6.07, 6.45) is 2.43. The lowest BCUT2D eigenvalue weighted by atomic mass is 9.87. The van der Waals surface area contributed by atoms with Gasteiger partial charge in [-0.3, -0.25) is 0 Å². The molecule has 4 nitrogen and oxygen atoms in total. The van der Waals surface area contributed by atoms with Gasteiger partial charge in [0.1, 0.15) is 5.82 Å². The first-order valence-electron chi connectivity index (χ1n) is 6.76. The van der Waals surface area contributed by atoms with Gasteiger partial charge in [-0.05, 0) is 32.9 Å². The Kier molecular flexibility index (Phi) is 6.04. The SMILES string of the molecule is CCNC(c1cc(Cl)cnc1N)C(C)(CC)OCC. The second-order valence-corrected chi connectivity index (χ2v) is 5.15. The fourth-order valence-corrected chi connectivity index (χ4v) is 2.44. The zero-order valence-corrected chi connectivity index (χ0v) is 12.9. The van der Waals surface area contributed by atoms with E-state index < -0.39 is 0 Å². The third-order valence-electron chi connectivity index (χ3n) is 3.42. The Morgan fingerprint density at radius 2 is 2.16 bits per heavy atom. The lowest BCUT2D eigenvalue weighted by Crippen LogP contribution is -2.44. The molecule has 0 bridgehead atoms. The number of aromatic nitrogens is 1. The highest BCUT2D eigenvalue weighted by Crippen LogP contribution is 2.35. The van der Waals surface area contributed by atoms with E-state index in [9.17, 15) is 0 Å². The molecule has 1 aromatic rings. The zero-order chi connectivity index (χ0) is 14.5. The van der Waals surface area contributed by atoms with Crippen LogP contribution < -0.4 is 11.1 Å². The third-order valence-corrected chi connectivity index (χ3v) is 3.63. The first-order valence-corrected chi connectivity index (χ1v) is 7.14. The average molecular weight is 286 g/mol. The number of nitrogens with zero attached hydrogens (tertiary/aromatic N) is 1. The van der Waals surface area contributed by atoms with Gasteiger partial charge in [0.15, 0.2) is 0 Å². The number of hydrogen-bond donors (Lipinski definition) is 2. The Balaban J connectivity index is 3.21. The maximum absolute atomic E-state index is 6.04. The zero-order valence-electron chi connectivity index (χ0n) is 12.2. The van der Waals surface area contributed by atoms with Gasteiger partial charge < -0.3 is 15.8 Å². The van der Waals surface area contributed by atoms with E-state index in [1.54, 1.807) is 6.20 Å². The fraction of sp³-hybridized carbons (Fsp3) is 0.643. The fourth-order valence-electron chi connectivity index (χ4n) is 2.27. The van der Waals surface area contributed by atoms with Crippen molar-refractivity contribution in [2.24, 2.45) is 0 Å².